The maximum Gasteiger partial charge on any atom is 0.573 e. The third-order valence-electron chi connectivity index (χ3n) is 7.01. The summed E-state index contributed by atoms with van der Waals surface area (Å²) in [7, 11) is 1.31. The minimum Gasteiger partial charge on any atom is -0.497 e. The van der Waals surface area contributed by atoms with Crippen LogP contribution in [0, 0.1) is 6.92 Å². The SMILES string of the molecule is COc1ccc(CC(F)(F)F)c(N2C(=O)CS/C2=N\C(=O)NCC(F)c2ccc(-c3ncn(-c4ccc(OC(F)(F)F)cc4)n3)cc2C)c1. The van der Waals surface area contributed by atoms with Crippen molar-refractivity contribution in [2.45, 2.75) is 32.1 Å². The Morgan fingerprint density at radius 2 is 1.76 bits per heavy atom. The fourth-order valence-electron chi connectivity index (χ4n) is 4.83. The van der Waals surface area contributed by atoms with E-state index in [1.165, 1.54) is 54.5 Å². The molecule has 1 atom stereocenters. The normalized spacial score (nSPS) is 15.1. The second-order valence-corrected chi connectivity index (χ2v) is 11.4. The zero-order valence-electron chi connectivity index (χ0n) is 25.5. The molecule has 1 saturated heterocycles. The predicted molar refractivity (Wildman–Crippen MR) is 166 cm³/mol. The van der Waals surface area contributed by atoms with Gasteiger partial charge in [0, 0.05) is 11.6 Å². The first-order valence-corrected chi connectivity index (χ1v) is 15.2. The third-order valence-corrected chi connectivity index (χ3v) is 7.93. The highest BCUT2D eigenvalue weighted by Gasteiger charge is 2.36. The van der Waals surface area contributed by atoms with E-state index in [1.807, 2.05) is 0 Å². The molecule has 0 bridgehead atoms. The van der Waals surface area contributed by atoms with Crippen LogP contribution < -0.4 is 19.7 Å². The molecule has 3 aromatic carbocycles. The minimum absolute atomic E-state index is 0.134. The van der Waals surface area contributed by atoms with Gasteiger partial charge in [0.05, 0.1) is 37.2 Å². The quantitative estimate of drug-likeness (QED) is 0.184. The Hall–Kier alpha value is -5.13. The molecule has 3 amide bonds. The fraction of sp³-hybridized carbons (Fsp3) is 0.258. The van der Waals surface area contributed by atoms with E-state index in [1.54, 1.807) is 19.1 Å². The van der Waals surface area contributed by atoms with E-state index >= 15 is 4.39 Å². The molecular formula is C31H25F7N6O4S. The number of carbonyl (C=O) groups excluding carboxylic acids is 2. The Labute approximate surface area is 277 Å². The van der Waals surface area contributed by atoms with Gasteiger partial charge in [-0.15, -0.1) is 18.3 Å². The van der Waals surface area contributed by atoms with E-state index in [2.05, 4.69) is 25.1 Å². The van der Waals surface area contributed by atoms with E-state index in [-0.39, 0.29) is 39.3 Å². The molecule has 0 saturated carbocycles. The number of amidine groups is 1. The third kappa shape index (κ3) is 8.87. The second-order valence-electron chi connectivity index (χ2n) is 10.5. The molecule has 10 nitrogen and oxygen atoms in total. The van der Waals surface area contributed by atoms with Crippen molar-refractivity contribution in [1.82, 2.24) is 20.1 Å². The van der Waals surface area contributed by atoms with Gasteiger partial charge in [0.1, 0.15) is 24.0 Å². The monoisotopic (exact) mass is 710 g/mol. The summed E-state index contributed by atoms with van der Waals surface area (Å²) >= 11 is 0.847. The van der Waals surface area contributed by atoms with Crippen molar-refractivity contribution in [1.29, 1.82) is 0 Å². The Kier molecular flexibility index (Phi) is 10.2. The number of methoxy groups -OCH3 is 1. The van der Waals surface area contributed by atoms with Crippen LogP contribution in [0.5, 0.6) is 11.5 Å². The number of nitrogens with one attached hydrogen (secondary N) is 1. The zero-order chi connectivity index (χ0) is 35.5. The molecule has 1 aromatic heterocycles. The van der Waals surface area contributed by atoms with Gasteiger partial charge in [-0.2, -0.15) is 18.2 Å². The van der Waals surface area contributed by atoms with E-state index in [9.17, 15) is 35.9 Å². The summed E-state index contributed by atoms with van der Waals surface area (Å²) in [6.45, 7) is 1.13. The number of aromatic nitrogens is 3. The van der Waals surface area contributed by atoms with Gasteiger partial charge in [-0.05, 0) is 60.0 Å². The molecule has 1 unspecified atom stereocenters. The number of amides is 3. The Morgan fingerprint density at radius 3 is 2.41 bits per heavy atom. The largest absolute Gasteiger partial charge is 0.573 e. The summed E-state index contributed by atoms with van der Waals surface area (Å²) in [5.41, 5.74) is 1.30. The summed E-state index contributed by atoms with van der Waals surface area (Å²) in [5, 5.41) is 6.48. The van der Waals surface area contributed by atoms with Crippen molar-refractivity contribution >= 4 is 34.6 Å². The van der Waals surface area contributed by atoms with Crippen LogP contribution in [0.2, 0.25) is 0 Å². The Bertz CT molecular complexity index is 1880. The van der Waals surface area contributed by atoms with Gasteiger partial charge in [-0.1, -0.05) is 30.0 Å². The minimum atomic E-state index is -4.82. The van der Waals surface area contributed by atoms with Gasteiger partial charge < -0.3 is 14.8 Å². The molecule has 0 radical (unpaired) electrons. The Balaban J connectivity index is 1.25. The highest BCUT2D eigenvalue weighted by molar-refractivity contribution is 8.15. The molecule has 1 aliphatic heterocycles. The van der Waals surface area contributed by atoms with Crippen LogP contribution in [0.25, 0.3) is 17.1 Å². The summed E-state index contributed by atoms with van der Waals surface area (Å²) in [4.78, 5) is 34.3. The number of benzene rings is 3. The number of anilines is 1. The van der Waals surface area contributed by atoms with Crippen molar-refractivity contribution in [3.8, 4) is 28.6 Å². The van der Waals surface area contributed by atoms with Crippen molar-refractivity contribution in [2.75, 3.05) is 24.3 Å². The molecule has 1 fully saturated rings. The van der Waals surface area contributed by atoms with Gasteiger partial charge in [0.15, 0.2) is 11.0 Å². The fourth-order valence-corrected chi connectivity index (χ4v) is 5.68. The number of thioether (sulfide) groups is 1. The van der Waals surface area contributed by atoms with Crippen molar-refractivity contribution in [2.24, 2.45) is 4.99 Å². The van der Waals surface area contributed by atoms with Crippen LogP contribution in [0.15, 0.2) is 72.0 Å². The molecule has 0 spiro atoms. The first kappa shape index (κ1) is 35.2. The molecular weight excluding hydrogens is 685 g/mol. The molecule has 1 aliphatic rings. The number of aryl methyl sites for hydroxylation is 1. The number of rotatable bonds is 9. The number of carbonyl (C=O) groups is 2. The summed E-state index contributed by atoms with van der Waals surface area (Å²) < 4.78 is 103. The van der Waals surface area contributed by atoms with Crippen LogP contribution in [-0.4, -0.2) is 63.8 Å². The van der Waals surface area contributed by atoms with Crippen LogP contribution in [0.3, 0.4) is 0 Å². The van der Waals surface area contributed by atoms with Crippen LogP contribution in [0.4, 0.5) is 41.2 Å². The average Bonchev–Trinajstić information content (AvgIpc) is 3.66. The van der Waals surface area contributed by atoms with Crippen molar-refractivity contribution in [3.63, 3.8) is 0 Å². The lowest BCUT2D eigenvalue weighted by atomic mass is 10.0. The average molecular weight is 711 g/mol. The molecule has 1 N–H and O–H groups in total. The maximum absolute atomic E-state index is 15.3. The number of halogens is 7. The lowest BCUT2D eigenvalue weighted by Gasteiger charge is -2.21. The van der Waals surface area contributed by atoms with Crippen molar-refractivity contribution < 1.29 is 49.8 Å². The van der Waals surface area contributed by atoms with Gasteiger partial charge in [0.2, 0.25) is 5.91 Å². The van der Waals surface area contributed by atoms with Crippen LogP contribution >= 0.6 is 11.8 Å². The molecule has 18 heteroatoms. The molecule has 5 rings (SSSR count). The number of nitrogens with zero attached hydrogens (tertiary/aromatic N) is 5. The number of hydrogen-bond donors (Lipinski definition) is 1. The number of urea groups is 1. The topological polar surface area (TPSA) is 111 Å². The molecule has 49 heavy (non-hydrogen) atoms. The first-order valence-electron chi connectivity index (χ1n) is 14.2. The smallest absolute Gasteiger partial charge is 0.497 e. The van der Waals surface area contributed by atoms with E-state index < -0.39 is 49.4 Å². The lowest BCUT2D eigenvalue weighted by molar-refractivity contribution is -0.274. The first-order chi connectivity index (χ1) is 23.1. The molecule has 0 aliphatic carbocycles. The van der Waals surface area contributed by atoms with Crippen LogP contribution in [0.1, 0.15) is 22.9 Å². The maximum atomic E-state index is 15.3. The van der Waals surface area contributed by atoms with Gasteiger partial charge in [-0.3, -0.25) is 9.69 Å². The van der Waals surface area contributed by atoms with E-state index in [4.69, 9.17) is 4.74 Å². The van der Waals surface area contributed by atoms with Gasteiger partial charge in [-0.25, -0.2) is 18.9 Å². The zero-order valence-corrected chi connectivity index (χ0v) is 26.3. The standard InChI is InChI=1S/C31H25F7N6O4S/c1-17-11-18(27-40-16-43(42-27)20-5-8-21(9-6-20)48-31(36,37)38)4-10-23(17)24(32)14-39-28(46)41-29-44(26(45)15-49-29)25-12-22(47-2)7-3-19(25)13-30(33,34)35/h3-12,16,24H,13-15H2,1-2H3,(H,39,46)/b41-29-. The van der Waals surface area contributed by atoms with Gasteiger partial charge in [0.25, 0.3) is 0 Å². The van der Waals surface area contributed by atoms with Crippen molar-refractivity contribution in [3.05, 3.63) is 83.7 Å². The molecule has 258 valence electrons. The highest BCUT2D eigenvalue weighted by atomic mass is 32.2. The van der Waals surface area contributed by atoms with Gasteiger partial charge >= 0.3 is 18.6 Å². The molecule has 4 aromatic rings. The predicted octanol–water partition coefficient (Wildman–Crippen LogP) is 7.11. The molecule has 2 heterocycles. The highest BCUT2D eigenvalue weighted by Crippen LogP contribution is 2.36. The van der Waals surface area contributed by atoms with Crippen LogP contribution in [-0.2, 0) is 11.2 Å². The summed E-state index contributed by atoms with van der Waals surface area (Å²) in [5.74, 6) is -0.725. The van der Waals surface area contributed by atoms with E-state index in [0.717, 1.165) is 28.8 Å². The second kappa shape index (κ2) is 14.2. The Morgan fingerprint density at radius 1 is 1.04 bits per heavy atom. The summed E-state index contributed by atoms with van der Waals surface area (Å²) in [6, 6.07) is 12.4. The lowest BCUT2D eigenvalue weighted by Crippen LogP contribution is -2.33. The summed E-state index contributed by atoms with van der Waals surface area (Å²) in [6.07, 6.45) is -11.1. The number of hydrogen-bond acceptors (Lipinski definition) is 7. The van der Waals surface area contributed by atoms with E-state index in [0.29, 0.717) is 16.8 Å². The number of ether oxygens (including phenoxy) is 2. The number of aliphatic imine (C=N–C) groups is 1. The number of alkyl halides is 7.